The van der Waals surface area contributed by atoms with Crippen LogP contribution in [0.15, 0.2) is 0 Å². The van der Waals surface area contributed by atoms with Crippen molar-refractivity contribution in [3.05, 3.63) is 0 Å². The SMILES string of the molecule is COC1CCC(C(=O)N2[C@@H](C)CN(C(=O)C3CC(OC)CCC3F)C[C@@H]2C)C(F)C1. The number of halogens is 2. The zero-order valence-corrected chi connectivity index (χ0v) is 18.6. The molecule has 3 rings (SSSR count). The van der Waals surface area contributed by atoms with Crippen LogP contribution in [0.3, 0.4) is 0 Å². The van der Waals surface area contributed by atoms with Gasteiger partial charge in [-0.05, 0) is 46.0 Å². The molecule has 8 heteroatoms. The molecule has 2 amide bonds. The number of hydrogen-bond donors (Lipinski definition) is 0. The molecule has 8 atom stereocenters. The molecule has 0 N–H and O–H groups in total. The predicted molar refractivity (Wildman–Crippen MR) is 108 cm³/mol. The Labute approximate surface area is 178 Å². The van der Waals surface area contributed by atoms with Crippen LogP contribution >= 0.6 is 0 Å². The topological polar surface area (TPSA) is 59.1 Å². The molecule has 30 heavy (non-hydrogen) atoms. The minimum Gasteiger partial charge on any atom is -0.381 e. The smallest absolute Gasteiger partial charge is 0.229 e. The second-order valence-corrected chi connectivity index (χ2v) is 9.27. The lowest BCUT2D eigenvalue weighted by molar-refractivity contribution is -0.156. The Morgan fingerprint density at radius 1 is 0.767 bits per heavy atom. The molecule has 2 saturated carbocycles. The summed E-state index contributed by atoms with van der Waals surface area (Å²) in [5.41, 5.74) is 0. The summed E-state index contributed by atoms with van der Waals surface area (Å²) < 4.78 is 39.8. The van der Waals surface area contributed by atoms with E-state index in [0.29, 0.717) is 45.2 Å². The lowest BCUT2D eigenvalue weighted by Gasteiger charge is -2.47. The van der Waals surface area contributed by atoms with Crippen LogP contribution in [-0.2, 0) is 19.1 Å². The summed E-state index contributed by atoms with van der Waals surface area (Å²) in [6.07, 6.45) is 0.163. The molecule has 2 aliphatic carbocycles. The standard InChI is InChI=1S/C22H36F2N2O4/c1-13-11-25(21(27)18-9-15(29-3)6-8-19(18)23)12-14(2)26(13)22(28)17-7-5-16(30-4)10-20(17)24/h13-20H,5-12H2,1-4H3/t13-,14-,15?,16?,17?,18?,19?,20?/m0/s1. The molecule has 0 aromatic rings. The number of nitrogens with zero attached hydrogens (tertiary/aromatic N) is 2. The quantitative estimate of drug-likeness (QED) is 0.688. The third-order valence-corrected chi connectivity index (χ3v) is 7.23. The maximum atomic E-state index is 14.7. The van der Waals surface area contributed by atoms with E-state index in [-0.39, 0.29) is 42.5 Å². The van der Waals surface area contributed by atoms with Crippen molar-refractivity contribution in [2.45, 2.75) is 89.0 Å². The van der Waals surface area contributed by atoms with E-state index in [1.807, 2.05) is 13.8 Å². The summed E-state index contributed by atoms with van der Waals surface area (Å²) in [6, 6.07) is -0.477. The Morgan fingerprint density at radius 2 is 1.33 bits per heavy atom. The Balaban J connectivity index is 1.63. The highest BCUT2D eigenvalue weighted by molar-refractivity contribution is 5.82. The number of rotatable bonds is 4. The van der Waals surface area contributed by atoms with Crippen LogP contribution < -0.4 is 0 Å². The van der Waals surface area contributed by atoms with Gasteiger partial charge in [0.25, 0.3) is 0 Å². The molecule has 6 nitrogen and oxygen atoms in total. The van der Waals surface area contributed by atoms with E-state index in [2.05, 4.69) is 0 Å². The molecule has 0 aromatic heterocycles. The number of piperazine rings is 1. The van der Waals surface area contributed by atoms with E-state index >= 15 is 0 Å². The van der Waals surface area contributed by atoms with Crippen molar-refractivity contribution in [1.29, 1.82) is 0 Å². The zero-order valence-electron chi connectivity index (χ0n) is 18.6. The lowest BCUT2D eigenvalue weighted by Crippen LogP contribution is -2.62. The van der Waals surface area contributed by atoms with Crippen LogP contribution in [0.5, 0.6) is 0 Å². The van der Waals surface area contributed by atoms with Crippen LogP contribution in [0.25, 0.3) is 0 Å². The van der Waals surface area contributed by atoms with Crippen LogP contribution in [0, 0.1) is 11.8 Å². The van der Waals surface area contributed by atoms with Gasteiger partial charge in [-0.25, -0.2) is 8.78 Å². The molecule has 1 saturated heterocycles. The highest BCUT2D eigenvalue weighted by Gasteiger charge is 2.44. The first-order chi connectivity index (χ1) is 14.3. The summed E-state index contributed by atoms with van der Waals surface area (Å²) in [7, 11) is 3.17. The fourth-order valence-corrected chi connectivity index (χ4v) is 5.50. The molecule has 0 bridgehead atoms. The average molecular weight is 431 g/mol. The highest BCUT2D eigenvalue weighted by Crippen LogP contribution is 2.34. The summed E-state index contributed by atoms with van der Waals surface area (Å²) in [4.78, 5) is 29.6. The number of amides is 2. The molecular formula is C22H36F2N2O4. The highest BCUT2D eigenvalue weighted by atomic mass is 19.1. The normalized spacial score (nSPS) is 40.3. The van der Waals surface area contributed by atoms with Gasteiger partial charge in [-0.2, -0.15) is 0 Å². The summed E-state index contributed by atoms with van der Waals surface area (Å²) in [5, 5.41) is 0. The maximum absolute atomic E-state index is 14.7. The van der Waals surface area contributed by atoms with Gasteiger partial charge >= 0.3 is 0 Å². The summed E-state index contributed by atoms with van der Waals surface area (Å²) in [6.45, 7) is 4.46. The van der Waals surface area contributed by atoms with E-state index in [1.54, 1.807) is 24.0 Å². The first-order valence-corrected chi connectivity index (χ1v) is 11.2. The Hall–Kier alpha value is -1.28. The Bertz CT molecular complexity index is 610. The second kappa shape index (κ2) is 9.90. The first-order valence-electron chi connectivity index (χ1n) is 11.2. The molecule has 6 unspecified atom stereocenters. The third-order valence-electron chi connectivity index (χ3n) is 7.23. The van der Waals surface area contributed by atoms with Crippen LogP contribution in [0.4, 0.5) is 8.78 Å². The minimum atomic E-state index is -1.21. The van der Waals surface area contributed by atoms with Gasteiger partial charge in [0.1, 0.15) is 12.3 Å². The van der Waals surface area contributed by atoms with Crippen molar-refractivity contribution in [2.75, 3.05) is 27.3 Å². The van der Waals surface area contributed by atoms with Crippen molar-refractivity contribution in [3.8, 4) is 0 Å². The van der Waals surface area contributed by atoms with Gasteiger partial charge in [-0.1, -0.05) is 0 Å². The fraction of sp³-hybridized carbons (Fsp3) is 0.909. The molecule has 172 valence electrons. The van der Waals surface area contributed by atoms with Gasteiger partial charge in [-0.3, -0.25) is 9.59 Å². The lowest BCUT2D eigenvalue weighted by atomic mass is 9.83. The molecule has 0 radical (unpaired) electrons. The number of methoxy groups -OCH3 is 2. The molecule has 1 heterocycles. The van der Waals surface area contributed by atoms with Crippen LogP contribution in [0.2, 0.25) is 0 Å². The van der Waals surface area contributed by atoms with Gasteiger partial charge in [0.2, 0.25) is 11.8 Å². The first kappa shape index (κ1) is 23.4. The second-order valence-electron chi connectivity index (χ2n) is 9.27. The largest absolute Gasteiger partial charge is 0.381 e. The Morgan fingerprint density at radius 3 is 1.90 bits per heavy atom. The predicted octanol–water partition coefficient (Wildman–Crippen LogP) is 2.74. The van der Waals surface area contributed by atoms with E-state index in [1.165, 1.54) is 0 Å². The van der Waals surface area contributed by atoms with Gasteiger partial charge < -0.3 is 19.3 Å². The van der Waals surface area contributed by atoms with Gasteiger partial charge in [-0.15, -0.1) is 0 Å². The van der Waals surface area contributed by atoms with Gasteiger partial charge in [0, 0.05) is 45.8 Å². The number of ether oxygens (including phenoxy) is 2. The number of carbonyl (C=O) groups excluding carboxylic acids is 2. The van der Waals surface area contributed by atoms with Crippen LogP contribution in [0.1, 0.15) is 52.4 Å². The van der Waals surface area contributed by atoms with Crippen LogP contribution in [-0.4, -0.2) is 85.6 Å². The van der Waals surface area contributed by atoms with E-state index in [0.717, 1.165) is 0 Å². The number of hydrogen-bond acceptors (Lipinski definition) is 4. The number of carbonyl (C=O) groups is 2. The summed E-state index contributed by atoms with van der Waals surface area (Å²) in [5.74, 6) is -1.71. The van der Waals surface area contributed by atoms with Gasteiger partial charge in [0.05, 0.1) is 24.0 Å². The van der Waals surface area contributed by atoms with Crippen molar-refractivity contribution < 1.29 is 27.8 Å². The van der Waals surface area contributed by atoms with E-state index in [4.69, 9.17) is 9.47 Å². The molecule has 0 aromatic carbocycles. The molecule has 0 spiro atoms. The Kier molecular flexibility index (Phi) is 7.71. The zero-order chi connectivity index (χ0) is 22.0. The van der Waals surface area contributed by atoms with E-state index in [9.17, 15) is 18.4 Å². The molecule has 1 aliphatic heterocycles. The molecule has 3 fully saturated rings. The van der Waals surface area contributed by atoms with E-state index < -0.39 is 24.2 Å². The monoisotopic (exact) mass is 430 g/mol. The average Bonchev–Trinajstić information content (AvgIpc) is 2.72. The maximum Gasteiger partial charge on any atom is 0.229 e. The third kappa shape index (κ3) is 4.79. The summed E-state index contributed by atoms with van der Waals surface area (Å²) >= 11 is 0. The van der Waals surface area contributed by atoms with Crippen molar-refractivity contribution in [1.82, 2.24) is 9.80 Å². The number of alkyl halides is 2. The van der Waals surface area contributed by atoms with Gasteiger partial charge in [0.15, 0.2) is 0 Å². The minimum absolute atomic E-state index is 0.0904. The molecule has 3 aliphatic rings. The van der Waals surface area contributed by atoms with Crippen molar-refractivity contribution in [3.63, 3.8) is 0 Å². The molecular weight excluding hydrogens is 394 g/mol. The van der Waals surface area contributed by atoms with Crippen molar-refractivity contribution in [2.24, 2.45) is 11.8 Å². The van der Waals surface area contributed by atoms with Crippen molar-refractivity contribution >= 4 is 11.8 Å². The fourth-order valence-electron chi connectivity index (χ4n) is 5.50.